The van der Waals surface area contributed by atoms with Gasteiger partial charge in [-0.1, -0.05) is 12.1 Å². The largest absolute Gasteiger partial charge is 0.542 e. The lowest BCUT2D eigenvalue weighted by Gasteiger charge is -2.38. The van der Waals surface area contributed by atoms with Crippen molar-refractivity contribution in [2.24, 2.45) is 0 Å². The molecule has 4 rings (SSSR count). The van der Waals surface area contributed by atoms with Gasteiger partial charge in [-0.25, -0.2) is 0 Å². The molecule has 0 N–H and O–H groups in total. The van der Waals surface area contributed by atoms with E-state index in [2.05, 4.69) is 59.0 Å². The van der Waals surface area contributed by atoms with E-state index >= 15 is 0 Å². The summed E-state index contributed by atoms with van der Waals surface area (Å²) < 4.78 is 12.3. The fraction of sp³-hybridized carbons (Fsp3) is 0.444. The second kappa shape index (κ2) is 3.71. The van der Waals surface area contributed by atoms with Crippen LogP contribution in [0, 0.1) is 0 Å². The first-order valence-corrected chi connectivity index (χ1v) is 9.97. The van der Waals surface area contributed by atoms with Gasteiger partial charge in [-0.15, -0.1) is 0 Å². The topological polar surface area (TPSA) is 21.8 Å². The maximum atomic E-state index is 6.20. The minimum Gasteiger partial charge on any atom is -0.542 e. The average Bonchev–Trinajstić information content (AvgIpc) is 2.93. The summed E-state index contributed by atoms with van der Waals surface area (Å²) in [5, 5.41) is 0. The maximum absolute atomic E-state index is 6.20. The van der Waals surface area contributed by atoms with Crippen molar-refractivity contribution in [1.82, 2.24) is 0 Å². The van der Waals surface area contributed by atoms with Gasteiger partial charge in [-0.05, 0) is 69.1 Å². The van der Waals surface area contributed by atoms with Gasteiger partial charge >= 0.3 is 0 Å². The predicted molar refractivity (Wildman–Crippen MR) is 87.6 cm³/mol. The van der Waals surface area contributed by atoms with Crippen LogP contribution in [-0.4, -0.2) is 20.2 Å². The van der Waals surface area contributed by atoms with Crippen LogP contribution >= 0.6 is 0 Å². The van der Waals surface area contributed by atoms with Crippen LogP contribution in [0.25, 0.3) is 11.1 Å². The van der Waals surface area contributed by atoms with Crippen LogP contribution in [0.2, 0.25) is 13.1 Å². The van der Waals surface area contributed by atoms with Crippen molar-refractivity contribution >= 4 is 20.2 Å². The molecule has 2 unspecified atom stereocenters. The Morgan fingerprint density at radius 3 is 2.48 bits per heavy atom. The molecule has 1 heterocycles. The Bertz CT molecular complexity index is 744. The van der Waals surface area contributed by atoms with Crippen LogP contribution in [0.5, 0.6) is 5.75 Å². The monoisotopic (exact) mass is 297 g/mol. The molecule has 1 aromatic carbocycles. The lowest BCUT2D eigenvalue weighted by atomic mass is 9.63. The zero-order chi connectivity index (χ0) is 15.2. The Labute approximate surface area is 128 Å². The molecular formula is C18H21O2Si. The highest BCUT2D eigenvalue weighted by Gasteiger charge is 2.71. The van der Waals surface area contributed by atoms with E-state index in [1.54, 1.807) is 0 Å². The van der Waals surface area contributed by atoms with Gasteiger partial charge in [-0.3, -0.25) is 0 Å². The molecule has 109 valence electrons. The van der Waals surface area contributed by atoms with E-state index in [0.29, 0.717) is 0 Å². The molecule has 1 radical (unpaired) electrons. The summed E-state index contributed by atoms with van der Waals surface area (Å²) in [5.41, 5.74) is 7.85. The van der Waals surface area contributed by atoms with Gasteiger partial charge < -0.3 is 9.16 Å². The zero-order valence-electron chi connectivity index (χ0n) is 13.5. The number of benzene rings is 1. The number of hydrogen-bond donors (Lipinski definition) is 0. The van der Waals surface area contributed by atoms with E-state index in [0.717, 1.165) is 5.75 Å². The highest BCUT2D eigenvalue weighted by molar-refractivity contribution is 6.49. The van der Waals surface area contributed by atoms with Crippen molar-refractivity contribution in [1.29, 1.82) is 0 Å². The standard InChI is InChI=1S/C18H21O2Si/c1-10-11(2)17(3)18(4,20-17)16-12-8-7-9-13(19-21(5)6)15(12)14(10)16/h7-9H,1-6H3. The van der Waals surface area contributed by atoms with Gasteiger partial charge in [-0.2, -0.15) is 0 Å². The first kappa shape index (κ1) is 13.3. The molecule has 0 aromatic heterocycles. The molecule has 21 heavy (non-hydrogen) atoms. The number of allylic oxidation sites excluding steroid dienone is 2. The van der Waals surface area contributed by atoms with Crippen LogP contribution < -0.4 is 4.43 Å². The quantitative estimate of drug-likeness (QED) is 0.594. The van der Waals surface area contributed by atoms with E-state index in [9.17, 15) is 0 Å². The molecule has 0 saturated carbocycles. The van der Waals surface area contributed by atoms with Gasteiger partial charge in [0.25, 0.3) is 9.04 Å². The van der Waals surface area contributed by atoms with Crippen LogP contribution in [0.3, 0.4) is 0 Å². The fourth-order valence-corrected chi connectivity index (χ4v) is 4.63. The van der Waals surface area contributed by atoms with Crippen LogP contribution in [0.4, 0.5) is 0 Å². The average molecular weight is 297 g/mol. The summed E-state index contributed by atoms with van der Waals surface area (Å²) in [7, 11) is -0.759. The number of hydrogen-bond acceptors (Lipinski definition) is 2. The van der Waals surface area contributed by atoms with Gasteiger partial charge in [0, 0.05) is 11.1 Å². The lowest BCUT2D eigenvalue weighted by molar-refractivity contribution is 0.320. The first-order valence-electron chi connectivity index (χ1n) is 7.56. The van der Waals surface area contributed by atoms with Crippen molar-refractivity contribution in [3.05, 3.63) is 40.5 Å². The number of ether oxygens (including phenoxy) is 1. The van der Waals surface area contributed by atoms with E-state index < -0.39 is 9.04 Å². The summed E-state index contributed by atoms with van der Waals surface area (Å²) in [6.45, 7) is 13.2. The van der Waals surface area contributed by atoms with Gasteiger partial charge in [0.2, 0.25) is 0 Å². The highest BCUT2D eigenvalue weighted by Crippen LogP contribution is 2.70. The van der Waals surface area contributed by atoms with E-state index in [1.807, 2.05) is 0 Å². The highest BCUT2D eigenvalue weighted by atomic mass is 28.3. The Hall–Kier alpha value is -1.32. The summed E-state index contributed by atoms with van der Waals surface area (Å²) in [4.78, 5) is 0. The SMILES string of the molecule is CC1=C(C)C2(C)OC2(C)C2=C1c1c(O[Si](C)C)cccc12. The Morgan fingerprint density at radius 2 is 1.81 bits per heavy atom. The van der Waals surface area contributed by atoms with E-state index in [4.69, 9.17) is 9.16 Å². The molecule has 2 nitrogen and oxygen atoms in total. The van der Waals surface area contributed by atoms with Gasteiger partial charge in [0.05, 0.1) is 0 Å². The maximum Gasteiger partial charge on any atom is 0.274 e. The van der Waals surface area contributed by atoms with Crippen LogP contribution in [0.1, 0.15) is 38.8 Å². The van der Waals surface area contributed by atoms with Crippen molar-refractivity contribution < 1.29 is 9.16 Å². The zero-order valence-corrected chi connectivity index (χ0v) is 14.5. The number of epoxide rings is 1. The predicted octanol–water partition coefficient (Wildman–Crippen LogP) is 4.44. The minimum atomic E-state index is -0.759. The molecule has 2 aliphatic carbocycles. The van der Waals surface area contributed by atoms with Crippen LogP contribution in [0.15, 0.2) is 29.3 Å². The Balaban J connectivity index is 1.91. The van der Waals surface area contributed by atoms with E-state index in [1.165, 1.54) is 33.4 Å². The molecule has 2 atom stereocenters. The third kappa shape index (κ3) is 1.37. The molecule has 1 aliphatic heterocycles. The molecular weight excluding hydrogens is 276 g/mol. The Morgan fingerprint density at radius 1 is 1.10 bits per heavy atom. The molecule has 1 fully saturated rings. The summed E-state index contributed by atoms with van der Waals surface area (Å²) in [5.74, 6) is 1.05. The van der Waals surface area contributed by atoms with Gasteiger partial charge in [0.15, 0.2) is 0 Å². The van der Waals surface area contributed by atoms with Crippen molar-refractivity contribution in [3.8, 4) is 5.75 Å². The lowest BCUT2D eigenvalue weighted by Crippen LogP contribution is -2.33. The fourth-order valence-electron chi connectivity index (χ4n) is 4.02. The van der Waals surface area contributed by atoms with Crippen molar-refractivity contribution in [2.45, 2.75) is 52.0 Å². The molecule has 1 aromatic rings. The molecule has 3 aliphatic rings. The van der Waals surface area contributed by atoms with E-state index in [-0.39, 0.29) is 11.2 Å². The normalized spacial score (nSPS) is 32.5. The third-order valence-corrected chi connectivity index (χ3v) is 6.14. The molecule has 1 saturated heterocycles. The molecule has 3 heteroatoms. The second-order valence-electron chi connectivity index (χ2n) is 6.86. The van der Waals surface area contributed by atoms with Crippen LogP contribution in [-0.2, 0) is 4.74 Å². The number of fused-ring (bicyclic) bond motifs is 5. The molecule has 0 spiro atoms. The summed E-state index contributed by atoms with van der Waals surface area (Å²) in [6, 6.07) is 6.42. The Kier molecular flexibility index (Phi) is 2.36. The second-order valence-corrected chi connectivity index (χ2v) is 8.88. The first-order chi connectivity index (χ1) is 9.81. The van der Waals surface area contributed by atoms with Crippen molar-refractivity contribution in [2.75, 3.05) is 0 Å². The third-order valence-electron chi connectivity index (χ3n) is 5.52. The summed E-state index contributed by atoms with van der Waals surface area (Å²) >= 11 is 0. The molecule has 0 bridgehead atoms. The van der Waals surface area contributed by atoms with Crippen molar-refractivity contribution in [3.63, 3.8) is 0 Å². The number of rotatable bonds is 2. The molecule has 0 amide bonds. The van der Waals surface area contributed by atoms with Gasteiger partial charge in [0.1, 0.15) is 17.0 Å². The minimum absolute atomic E-state index is 0.116. The summed E-state index contributed by atoms with van der Waals surface area (Å²) in [6.07, 6.45) is 0. The smallest absolute Gasteiger partial charge is 0.274 e.